The van der Waals surface area contributed by atoms with Gasteiger partial charge in [-0.3, -0.25) is 13.9 Å². The molecule has 208 valence electrons. The molecule has 0 heterocycles. The second-order valence-corrected chi connectivity index (χ2v) is 11.3. The summed E-state index contributed by atoms with van der Waals surface area (Å²) in [6, 6.07) is 23.2. The number of benzene rings is 3. The van der Waals surface area contributed by atoms with Crippen molar-refractivity contribution < 1.29 is 22.4 Å². The maximum atomic E-state index is 13.7. The fraction of sp³-hybridized carbons (Fsp3) is 0.333. The Hall–Kier alpha value is -3.72. The molecule has 0 saturated heterocycles. The Morgan fingerprint density at radius 1 is 0.897 bits per heavy atom. The first-order valence-electron chi connectivity index (χ1n) is 13.1. The summed E-state index contributed by atoms with van der Waals surface area (Å²) in [6.45, 7) is 2.66. The lowest BCUT2D eigenvalue weighted by molar-refractivity contribution is -0.141. The summed E-state index contributed by atoms with van der Waals surface area (Å²) in [5.41, 5.74) is 2.11. The van der Waals surface area contributed by atoms with E-state index in [4.69, 9.17) is 0 Å². The van der Waals surface area contributed by atoms with Crippen LogP contribution in [0.25, 0.3) is 0 Å². The smallest absolute Gasteiger partial charge is 0.243 e. The average molecular weight is 554 g/mol. The van der Waals surface area contributed by atoms with Gasteiger partial charge in [0.15, 0.2) is 0 Å². The van der Waals surface area contributed by atoms with E-state index in [1.807, 2.05) is 37.3 Å². The summed E-state index contributed by atoms with van der Waals surface area (Å²) in [4.78, 5) is 28.6. The van der Waals surface area contributed by atoms with Crippen LogP contribution in [0.1, 0.15) is 37.3 Å². The molecule has 3 aromatic rings. The molecular formula is C30H36FN3O4S. The minimum Gasteiger partial charge on any atom is -0.354 e. The van der Waals surface area contributed by atoms with Crippen molar-refractivity contribution in [2.75, 3.05) is 23.7 Å². The van der Waals surface area contributed by atoms with E-state index in [1.165, 1.54) is 21.3 Å². The van der Waals surface area contributed by atoms with Crippen LogP contribution in [-0.2, 0) is 32.6 Å². The van der Waals surface area contributed by atoms with Gasteiger partial charge in [0.05, 0.1) is 11.9 Å². The molecule has 0 aliphatic rings. The van der Waals surface area contributed by atoms with E-state index in [1.54, 1.807) is 42.5 Å². The second-order valence-electron chi connectivity index (χ2n) is 9.42. The summed E-state index contributed by atoms with van der Waals surface area (Å²) in [7, 11) is -3.56. The maximum Gasteiger partial charge on any atom is 0.243 e. The van der Waals surface area contributed by atoms with Gasteiger partial charge in [-0.2, -0.15) is 0 Å². The fourth-order valence-corrected chi connectivity index (χ4v) is 5.27. The zero-order valence-corrected chi connectivity index (χ0v) is 23.2. The molecule has 39 heavy (non-hydrogen) atoms. The molecule has 3 rings (SSSR count). The third-order valence-corrected chi connectivity index (χ3v) is 7.48. The lowest BCUT2D eigenvalue weighted by atomic mass is 10.0. The standard InChI is InChI=1S/C30H36FN3O4S/c1-3-20-32-30(36)28(22-24-11-6-4-7-12-24)33(23-25-16-18-26(31)19-17-25)29(35)15-10-21-34(39(2,37)38)27-13-8-5-9-14-27/h4-9,11-14,16-19,28H,3,10,15,20-23H2,1-2H3,(H,32,36)/t28-/m0/s1. The molecule has 0 fully saturated rings. The van der Waals surface area contributed by atoms with Crippen molar-refractivity contribution in [2.24, 2.45) is 0 Å². The second kappa shape index (κ2) is 14.4. The first-order valence-corrected chi connectivity index (χ1v) is 14.9. The number of amides is 2. The predicted molar refractivity (Wildman–Crippen MR) is 152 cm³/mol. The van der Waals surface area contributed by atoms with E-state index in [0.29, 0.717) is 24.2 Å². The molecule has 0 radical (unpaired) electrons. The third-order valence-electron chi connectivity index (χ3n) is 6.28. The number of rotatable bonds is 14. The highest BCUT2D eigenvalue weighted by atomic mass is 32.2. The van der Waals surface area contributed by atoms with Crippen LogP contribution >= 0.6 is 0 Å². The van der Waals surface area contributed by atoms with Gasteiger partial charge in [-0.05, 0) is 48.2 Å². The summed E-state index contributed by atoms with van der Waals surface area (Å²) >= 11 is 0. The highest BCUT2D eigenvalue weighted by Gasteiger charge is 2.30. The molecule has 2 amide bonds. The number of hydrogen-bond donors (Lipinski definition) is 1. The minimum atomic E-state index is -3.56. The van der Waals surface area contributed by atoms with Crippen LogP contribution in [0, 0.1) is 5.82 Å². The molecule has 0 aromatic heterocycles. The number of halogens is 1. The van der Waals surface area contributed by atoms with E-state index in [2.05, 4.69) is 5.32 Å². The van der Waals surface area contributed by atoms with Gasteiger partial charge in [-0.25, -0.2) is 12.8 Å². The van der Waals surface area contributed by atoms with Gasteiger partial charge >= 0.3 is 0 Å². The lowest BCUT2D eigenvalue weighted by Gasteiger charge is -2.32. The zero-order chi connectivity index (χ0) is 28.3. The lowest BCUT2D eigenvalue weighted by Crippen LogP contribution is -2.50. The molecule has 0 unspecified atom stereocenters. The Balaban J connectivity index is 1.85. The minimum absolute atomic E-state index is 0.0341. The Bertz CT molecular complexity index is 1300. The molecule has 1 N–H and O–H groups in total. The van der Waals surface area contributed by atoms with Gasteiger partial charge in [0.1, 0.15) is 11.9 Å². The van der Waals surface area contributed by atoms with Crippen molar-refractivity contribution in [3.8, 4) is 0 Å². The first-order chi connectivity index (χ1) is 18.7. The van der Waals surface area contributed by atoms with Gasteiger partial charge in [-0.1, -0.05) is 67.6 Å². The molecular weight excluding hydrogens is 517 g/mol. The Labute approximate surface area is 230 Å². The van der Waals surface area contributed by atoms with Crippen LogP contribution in [-0.4, -0.2) is 50.5 Å². The monoisotopic (exact) mass is 553 g/mol. The third kappa shape index (κ3) is 9.21. The molecule has 3 aromatic carbocycles. The van der Waals surface area contributed by atoms with Gasteiger partial charge in [0, 0.05) is 32.5 Å². The van der Waals surface area contributed by atoms with E-state index >= 15 is 0 Å². The van der Waals surface area contributed by atoms with Crippen LogP contribution in [0.4, 0.5) is 10.1 Å². The Kier molecular flexibility index (Phi) is 11.0. The van der Waals surface area contributed by atoms with Gasteiger partial charge < -0.3 is 10.2 Å². The van der Waals surface area contributed by atoms with E-state index in [0.717, 1.165) is 18.2 Å². The van der Waals surface area contributed by atoms with Crippen LogP contribution in [0.2, 0.25) is 0 Å². The molecule has 0 aliphatic carbocycles. The number of hydrogen-bond acceptors (Lipinski definition) is 4. The number of sulfonamides is 1. The molecule has 0 aliphatic heterocycles. The summed E-state index contributed by atoms with van der Waals surface area (Å²) in [6.07, 6.45) is 2.48. The highest BCUT2D eigenvalue weighted by molar-refractivity contribution is 7.92. The molecule has 9 heteroatoms. The molecule has 1 atom stereocenters. The normalized spacial score (nSPS) is 12.0. The van der Waals surface area contributed by atoms with Crippen LogP contribution < -0.4 is 9.62 Å². The van der Waals surface area contributed by atoms with Gasteiger partial charge in [0.25, 0.3) is 0 Å². The number of nitrogens with one attached hydrogen (secondary N) is 1. The van der Waals surface area contributed by atoms with Crippen molar-refractivity contribution in [3.63, 3.8) is 0 Å². The fourth-order valence-electron chi connectivity index (χ4n) is 4.30. The summed E-state index contributed by atoms with van der Waals surface area (Å²) in [5, 5.41) is 2.92. The number of nitrogens with zero attached hydrogens (tertiary/aromatic N) is 2. The highest BCUT2D eigenvalue weighted by Crippen LogP contribution is 2.20. The van der Waals surface area contributed by atoms with Gasteiger partial charge in [0.2, 0.25) is 21.8 Å². The van der Waals surface area contributed by atoms with Crippen molar-refractivity contribution in [1.29, 1.82) is 0 Å². The van der Waals surface area contributed by atoms with Crippen molar-refractivity contribution in [1.82, 2.24) is 10.2 Å². The quantitative estimate of drug-likeness (QED) is 0.318. The van der Waals surface area contributed by atoms with E-state index in [9.17, 15) is 22.4 Å². The largest absolute Gasteiger partial charge is 0.354 e. The Morgan fingerprint density at radius 3 is 2.10 bits per heavy atom. The maximum absolute atomic E-state index is 13.7. The number of para-hydroxylation sites is 1. The molecule has 7 nitrogen and oxygen atoms in total. The number of carbonyl (C=O) groups is 2. The van der Waals surface area contributed by atoms with E-state index < -0.39 is 16.1 Å². The zero-order valence-electron chi connectivity index (χ0n) is 22.4. The van der Waals surface area contributed by atoms with Crippen molar-refractivity contribution in [3.05, 3.63) is 102 Å². The predicted octanol–water partition coefficient (Wildman–Crippen LogP) is 4.54. The molecule has 0 spiro atoms. The molecule has 0 saturated carbocycles. The topological polar surface area (TPSA) is 86.8 Å². The summed E-state index contributed by atoms with van der Waals surface area (Å²) < 4.78 is 39.8. The Morgan fingerprint density at radius 2 is 1.51 bits per heavy atom. The van der Waals surface area contributed by atoms with Crippen LogP contribution in [0.3, 0.4) is 0 Å². The first kappa shape index (κ1) is 29.8. The number of carbonyl (C=O) groups excluding carboxylic acids is 2. The number of anilines is 1. The van der Waals surface area contributed by atoms with Crippen LogP contribution in [0.5, 0.6) is 0 Å². The van der Waals surface area contributed by atoms with Gasteiger partial charge in [-0.15, -0.1) is 0 Å². The van der Waals surface area contributed by atoms with Crippen molar-refractivity contribution in [2.45, 2.75) is 45.2 Å². The van der Waals surface area contributed by atoms with Crippen molar-refractivity contribution >= 4 is 27.5 Å². The molecule has 0 bridgehead atoms. The summed E-state index contributed by atoms with van der Waals surface area (Å²) in [5.74, 6) is -0.938. The average Bonchev–Trinajstić information content (AvgIpc) is 2.93. The van der Waals surface area contributed by atoms with E-state index in [-0.39, 0.29) is 43.6 Å². The SMILES string of the molecule is CCCNC(=O)[C@H](Cc1ccccc1)N(Cc1ccc(F)cc1)C(=O)CCCN(c1ccccc1)S(C)(=O)=O. The van der Waals surface area contributed by atoms with Crippen LogP contribution in [0.15, 0.2) is 84.9 Å².